The van der Waals surface area contributed by atoms with Crippen molar-refractivity contribution >= 4 is 58.5 Å². The van der Waals surface area contributed by atoms with Crippen molar-refractivity contribution in [2.45, 2.75) is 18.7 Å². The van der Waals surface area contributed by atoms with Crippen molar-refractivity contribution in [2.24, 2.45) is 0 Å². The number of hydrogen-bond acceptors (Lipinski definition) is 5. The summed E-state index contributed by atoms with van der Waals surface area (Å²) in [4.78, 5) is 4.13. The highest BCUT2D eigenvalue weighted by atomic mass is 79.9. The first-order valence-electron chi connectivity index (χ1n) is 5.08. The molecule has 19 heavy (non-hydrogen) atoms. The maximum atomic E-state index is 12.3. The summed E-state index contributed by atoms with van der Waals surface area (Å²) < 4.78 is 32.1. The minimum absolute atomic E-state index is 0.151. The van der Waals surface area contributed by atoms with Gasteiger partial charge in [0, 0.05) is 20.5 Å². The third-order valence-electron chi connectivity index (χ3n) is 2.25. The predicted octanol–water partition coefficient (Wildman–Crippen LogP) is 3.48. The average molecular weight is 427 g/mol. The smallest absolute Gasteiger partial charge is 0.253 e. The van der Waals surface area contributed by atoms with Crippen molar-refractivity contribution in [3.8, 4) is 0 Å². The number of aryl methyl sites for hydroxylation is 2. The van der Waals surface area contributed by atoms with Crippen LogP contribution in [0.2, 0.25) is 0 Å². The highest BCUT2D eigenvalue weighted by Crippen LogP contribution is 2.30. The maximum Gasteiger partial charge on any atom is 0.264 e. The lowest BCUT2D eigenvalue weighted by Gasteiger charge is -2.09. The van der Waals surface area contributed by atoms with Gasteiger partial charge in [0.1, 0.15) is 10.7 Å². The number of rotatable bonds is 3. The number of nitrogens with one attached hydrogen (secondary N) is 1. The van der Waals surface area contributed by atoms with E-state index in [-0.39, 0.29) is 10.0 Å². The number of anilines is 1. The van der Waals surface area contributed by atoms with Crippen LogP contribution in [0.5, 0.6) is 0 Å². The molecule has 0 fully saturated rings. The summed E-state index contributed by atoms with van der Waals surface area (Å²) in [7, 11) is -3.69. The van der Waals surface area contributed by atoms with Crippen LogP contribution >= 0.6 is 43.4 Å². The molecule has 0 saturated heterocycles. The first kappa shape index (κ1) is 14.9. The minimum atomic E-state index is -3.69. The minimum Gasteiger partial charge on any atom is -0.253 e. The Balaban J connectivity index is 2.42. The molecule has 1 aromatic carbocycles. The zero-order valence-electron chi connectivity index (χ0n) is 9.94. The first-order valence-corrected chi connectivity index (χ1v) is 8.92. The van der Waals surface area contributed by atoms with E-state index in [1.165, 1.54) is 0 Å². The molecule has 9 heteroatoms. The summed E-state index contributed by atoms with van der Waals surface area (Å²) in [5, 5.41) is 0.251. The molecule has 0 spiro atoms. The van der Waals surface area contributed by atoms with Crippen LogP contribution in [0.15, 0.2) is 26.0 Å². The largest absolute Gasteiger partial charge is 0.264 e. The summed E-state index contributed by atoms with van der Waals surface area (Å²) in [5.74, 6) is 0.534. The fourth-order valence-electron chi connectivity index (χ4n) is 1.34. The zero-order chi connectivity index (χ0) is 14.2. The van der Waals surface area contributed by atoms with E-state index in [1.807, 2.05) is 6.92 Å². The Morgan fingerprint density at radius 3 is 2.47 bits per heavy atom. The van der Waals surface area contributed by atoms with Gasteiger partial charge in [0.25, 0.3) is 10.0 Å². The van der Waals surface area contributed by atoms with Crippen LogP contribution in [0.3, 0.4) is 0 Å². The van der Waals surface area contributed by atoms with Crippen LogP contribution < -0.4 is 4.72 Å². The molecule has 2 aromatic rings. The number of halogens is 2. The van der Waals surface area contributed by atoms with E-state index in [1.54, 1.807) is 19.1 Å². The van der Waals surface area contributed by atoms with E-state index in [0.717, 1.165) is 21.6 Å². The first-order chi connectivity index (χ1) is 8.79. The van der Waals surface area contributed by atoms with Crippen LogP contribution in [0.25, 0.3) is 0 Å². The van der Waals surface area contributed by atoms with E-state index in [4.69, 9.17) is 0 Å². The molecular weight excluding hydrogens is 418 g/mol. The molecule has 0 amide bonds. The normalized spacial score (nSPS) is 11.6. The summed E-state index contributed by atoms with van der Waals surface area (Å²) >= 11 is 7.59. The Kier molecular flexibility index (Phi) is 4.29. The van der Waals surface area contributed by atoms with Crippen LogP contribution in [0.4, 0.5) is 5.13 Å². The van der Waals surface area contributed by atoms with E-state index in [2.05, 4.69) is 45.9 Å². The lowest BCUT2D eigenvalue weighted by atomic mass is 10.2. The third kappa shape index (κ3) is 3.33. The van der Waals surface area contributed by atoms with Gasteiger partial charge in [0.05, 0.1) is 0 Å². The van der Waals surface area contributed by atoms with E-state index >= 15 is 0 Å². The maximum absolute atomic E-state index is 12.3. The molecule has 0 aliphatic rings. The second-order valence-corrected chi connectivity index (χ2v) is 7.90. The summed E-state index contributed by atoms with van der Waals surface area (Å²) in [6.45, 7) is 3.58. The van der Waals surface area contributed by atoms with Gasteiger partial charge in [-0.1, -0.05) is 15.9 Å². The van der Waals surface area contributed by atoms with Crippen molar-refractivity contribution in [3.05, 3.63) is 32.5 Å². The molecule has 0 atom stereocenters. The predicted molar refractivity (Wildman–Crippen MR) is 82.0 cm³/mol. The van der Waals surface area contributed by atoms with E-state index in [0.29, 0.717) is 10.3 Å². The summed E-state index contributed by atoms with van der Waals surface area (Å²) in [5.41, 5.74) is 0.942. The second-order valence-electron chi connectivity index (χ2n) is 3.78. The molecule has 0 aliphatic carbocycles. The Morgan fingerprint density at radius 1 is 1.21 bits per heavy atom. The molecule has 1 heterocycles. The quantitative estimate of drug-likeness (QED) is 0.815. The molecule has 102 valence electrons. The lowest BCUT2D eigenvalue weighted by molar-refractivity contribution is 0.600. The Labute approximate surface area is 131 Å². The van der Waals surface area contributed by atoms with E-state index < -0.39 is 10.0 Å². The number of benzene rings is 1. The van der Waals surface area contributed by atoms with Crippen LogP contribution in [-0.2, 0) is 10.0 Å². The van der Waals surface area contributed by atoms with Gasteiger partial charge in [-0.25, -0.2) is 13.4 Å². The topological polar surface area (TPSA) is 72.0 Å². The molecule has 2 rings (SSSR count). The Bertz CT molecular complexity index is 728. The third-order valence-corrected chi connectivity index (χ3v) is 6.25. The molecule has 0 radical (unpaired) electrons. The summed E-state index contributed by atoms with van der Waals surface area (Å²) in [6, 6.07) is 3.29. The van der Waals surface area contributed by atoms with Crippen molar-refractivity contribution in [1.29, 1.82) is 0 Å². The zero-order valence-corrected chi connectivity index (χ0v) is 14.7. The van der Waals surface area contributed by atoms with Gasteiger partial charge >= 0.3 is 0 Å². The molecule has 0 saturated carbocycles. The van der Waals surface area contributed by atoms with Gasteiger partial charge in [-0.05, 0) is 47.5 Å². The second kappa shape index (κ2) is 5.47. The van der Waals surface area contributed by atoms with Gasteiger partial charge in [-0.3, -0.25) is 4.72 Å². The van der Waals surface area contributed by atoms with Gasteiger partial charge in [0.15, 0.2) is 0 Å². The van der Waals surface area contributed by atoms with Gasteiger partial charge in [0.2, 0.25) is 5.13 Å². The fourth-order valence-corrected chi connectivity index (χ4v) is 4.82. The van der Waals surface area contributed by atoms with Crippen LogP contribution in [-0.4, -0.2) is 17.8 Å². The standard InChI is InChI=1S/C10H9Br2N3O2S2/c1-5-3-8(12)9(4-7(5)11)19(16,17)15-10-13-6(2)14-18-10/h3-4H,1-2H3,(H,13,14,15). The lowest BCUT2D eigenvalue weighted by Crippen LogP contribution is -2.13. The highest BCUT2D eigenvalue weighted by Gasteiger charge is 2.20. The van der Waals surface area contributed by atoms with Crippen molar-refractivity contribution in [1.82, 2.24) is 9.36 Å². The van der Waals surface area contributed by atoms with Gasteiger partial charge in [-0.15, -0.1) is 0 Å². The van der Waals surface area contributed by atoms with Crippen LogP contribution in [0.1, 0.15) is 11.4 Å². The number of hydrogen-bond donors (Lipinski definition) is 1. The van der Waals surface area contributed by atoms with E-state index in [9.17, 15) is 8.42 Å². The SMILES string of the molecule is Cc1nsc(NS(=O)(=O)c2cc(Br)c(C)cc2Br)n1. The van der Waals surface area contributed by atoms with Gasteiger partial charge < -0.3 is 0 Å². The van der Waals surface area contributed by atoms with Crippen molar-refractivity contribution in [3.63, 3.8) is 0 Å². The molecule has 1 aromatic heterocycles. The highest BCUT2D eigenvalue weighted by molar-refractivity contribution is 9.11. The average Bonchev–Trinajstić information content (AvgIpc) is 2.68. The summed E-state index contributed by atoms with van der Waals surface area (Å²) in [6.07, 6.45) is 0. The number of nitrogens with zero attached hydrogens (tertiary/aromatic N) is 2. The fraction of sp³-hybridized carbons (Fsp3) is 0.200. The van der Waals surface area contributed by atoms with Crippen molar-refractivity contribution < 1.29 is 8.42 Å². The number of aromatic nitrogens is 2. The van der Waals surface area contributed by atoms with Gasteiger partial charge in [-0.2, -0.15) is 4.37 Å². The van der Waals surface area contributed by atoms with Crippen LogP contribution in [0, 0.1) is 13.8 Å². The molecule has 1 N–H and O–H groups in total. The monoisotopic (exact) mass is 425 g/mol. The molecule has 0 unspecified atom stereocenters. The Hall–Kier alpha value is -0.510. The molecular formula is C10H9Br2N3O2S2. The number of sulfonamides is 1. The molecule has 0 bridgehead atoms. The van der Waals surface area contributed by atoms with Crippen molar-refractivity contribution in [2.75, 3.05) is 4.72 Å². The Morgan fingerprint density at radius 2 is 1.89 bits per heavy atom. The molecule has 5 nitrogen and oxygen atoms in total. The molecule has 0 aliphatic heterocycles.